The van der Waals surface area contributed by atoms with E-state index in [1.54, 1.807) is 30.0 Å². The maximum atomic E-state index is 14.6. The quantitative estimate of drug-likeness (QED) is 0.0314. The highest BCUT2D eigenvalue weighted by molar-refractivity contribution is 6.03. The number of hydrogen-bond donors (Lipinski definition) is 2. The van der Waals surface area contributed by atoms with Gasteiger partial charge in [0, 0.05) is 69.4 Å². The van der Waals surface area contributed by atoms with Crippen molar-refractivity contribution >= 4 is 17.5 Å². The van der Waals surface area contributed by atoms with Crippen molar-refractivity contribution in [1.82, 2.24) is 9.80 Å². The van der Waals surface area contributed by atoms with Crippen LogP contribution < -0.4 is 18.9 Å². The number of allylic oxidation sites excluding steroid dienone is 1. The molecular weight excluding hydrogens is 837 g/mol. The molecule has 5 aliphatic rings. The third-order valence-electron chi connectivity index (χ3n) is 13.1. The summed E-state index contributed by atoms with van der Waals surface area (Å²) in [4.78, 5) is 35.7. The van der Waals surface area contributed by atoms with Gasteiger partial charge in [-0.25, -0.2) is 4.79 Å². The smallest absolute Gasteiger partial charge is 0.410 e. The summed E-state index contributed by atoms with van der Waals surface area (Å²) in [7, 11) is 0. The number of unbranched alkanes of at least 4 members (excludes halogenated alkanes) is 2. The monoisotopic (exact) mass is 896 g/mol. The number of hydrogen-bond acceptors (Lipinski definition) is 14. The largest absolute Gasteiger partial charge is 0.492 e. The lowest BCUT2D eigenvalue weighted by molar-refractivity contribution is -0.384. The van der Waals surface area contributed by atoms with Crippen molar-refractivity contribution in [3.8, 4) is 23.0 Å². The van der Waals surface area contributed by atoms with Gasteiger partial charge in [-0.3, -0.25) is 19.9 Å². The summed E-state index contributed by atoms with van der Waals surface area (Å²) in [5.41, 5.74) is 3.85. The lowest BCUT2D eigenvalue weighted by Crippen LogP contribution is -2.70. The summed E-state index contributed by atoms with van der Waals surface area (Å²) in [5.74, 6) is 0.244. The molecule has 16 nitrogen and oxygen atoms in total. The molecule has 3 aromatic carbocycles. The van der Waals surface area contributed by atoms with E-state index in [0.717, 1.165) is 67.8 Å². The minimum absolute atomic E-state index is 0.0158. The van der Waals surface area contributed by atoms with E-state index in [0.29, 0.717) is 48.0 Å². The van der Waals surface area contributed by atoms with Crippen molar-refractivity contribution in [3.05, 3.63) is 112 Å². The van der Waals surface area contributed by atoms with Crippen molar-refractivity contribution < 1.29 is 53.2 Å². The summed E-state index contributed by atoms with van der Waals surface area (Å²) in [5, 5.41) is 36.2. The number of benzene rings is 3. The average molecular weight is 897 g/mol. The molecule has 2 N–H and O–H groups in total. The number of aliphatic hydroxyl groups is 2. The molecular formula is C49H60N4O12. The summed E-state index contributed by atoms with van der Waals surface area (Å²) < 4.78 is 38.1. The third-order valence-corrected chi connectivity index (χ3v) is 13.1. The highest BCUT2D eigenvalue weighted by Gasteiger charge is 2.65. The lowest BCUT2D eigenvalue weighted by Gasteiger charge is -2.59. The second-order valence-corrected chi connectivity index (χ2v) is 17.2. The van der Waals surface area contributed by atoms with Gasteiger partial charge in [0.1, 0.15) is 30.8 Å². The van der Waals surface area contributed by atoms with Crippen molar-refractivity contribution in [2.45, 2.75) is 82.8 Å². The number of carbonyl (C=O) groups is 1. The van der Waals surface area contributed by atoms with Gasteiger partial charge >= 0.3 is 6.09 Å². The Morgan fingerprint density at radius 1 is 1.00 bits per heavy atom. The van der Waals surface area contributed by atoms with Gasteiger partial charge in [-0.1, -0.05) is 36.2 Å². The van der Waals surface area contributed by atoms with Crippen LogP contribution in [-0.4, -0.2) is 108 Å². The fourth-order valence-corrected chi connectivity index (χ4v) is 9.97. The first-order valence-corrected chi connectivity index (χ1v) is 22.9. The average Bonchev–Trinajstić information content (AvgIpc) is 4.02. The lowest BCUT2D eigenvalue weighted by atomic mass is 9.55. The molecule has 8 rings (SSSR count). The van der Waals surface area contributed by atoms with Crippen LogP contribution in [0.5, 0.6) is 23.0 Å². The van der Waals surface area contributed by atoms with Crippen LogP contribution >= 0.6 is 0 Å². The van der Waals surface area contributed by atoms with Gasteiger partial charge in [0.25, 0.3) is 5.69 Å². The Hall–Kier alpha value is -5.68. The number of nitrogens with zero attached hydrogens (tertiary/aromatic N) is 4. The molecule has 6 atom stereocenters. The first kappa shape index (κ1) is 45.9. The minimum atomic E-state index is -1.51. The highest BCUT2D eigenvalue weighted by Crippen LogP contribution is 2.62. The number of aliphatic hydroxyl groups excluding tert-OH is 2. The van der Waals surface area contributed by atoms with E-state index in [4.69, 9.17) is 38.4 Å². The predicted octanol–water partition coefficient (Wildman–Crippen LogP) is 7.51. The molecule has 1 saturated heterocycles. The van der Waals surface area contributed by atoms with Crippen LogP contribution in [0, 0.1) is 27.9 Å². The second kappa shape index (κ2) is 21.1. The van der Waals surface area contributed by atoms with Crippen LogP contribution in [0.2, 0.25) is 0 Å². The van der Waals surface area contributed by atoms with Crippen LogP contribution in [0.4, 0.5) is 10.5 Å². The molecule has 65 heavy (non-hydrogen) atoms. The molecule has 1 amide bonds. The maximum Gasteiger partial charge on any atom is 0.410 e. The van der Waals surface area contributed by atoms with Crippen LogP contribution in [0.15, 0.2) is 90.1 Å². The standard InChI is InChI=1S/C49H60N4O12/c1-3-24-63-49-45(52(48(56)59-4-2)30-34-13-17-43-44(26-34)62-32-61-43)29-41(50-64-31-33-11-14-36(15-12-33)53(57)58)39-27-35(9-5-7-22-54)38(10-6-8-23-55)46(47(39)49)40-28-37(16-18-42(40)65-49)60-25-21-51-19-20-51/h3,11-18,26-28,35,38,45-47,54-55H,1,4-10,19-25,29-32H2,2H3/t35-,38+,45-,46+,47+,49+/m0/s1. The van der Waals surface area contributed by atoms with Gasteiger partial charge in [0.2, 0.25) is 12.6 Å². The van der Waals surface area contributed by atoms with Crippen LogP contribution in [0.1, 0.15) is 74.5 Å². The molecule has 0 aromatic heterocycles. The Morgan fingerprint density at radius 2 is 1.75 bits per heavy atom. The van der Waals surface area contributed by atoms with Crippen LogP contribution in [0.25, 0.3) is 0 Å². The molecule has 348 valence electrons. The molecule has 0 unspecified atom stereocenters. The van der Waals surface area contributed by atoms with E-state index >= 15 is 0 Å². The molecule has 0 radical (unpaired) electrons. The molecule has 2 aliphatic carbocycles. The first-order valence-electron chi connectivity index (χ1n) is 22.9. The SMILES string of the molecule is C=CCO[C@@]12Oc3ccc(OCCN4CC4)cc3[C@H]3[C@H](CCCCO)[C@@H](CCCCO)C=C(C(=NOCc4ccc([N+](=O)[O-])cc4)C[C@@H]1N(Cc1ccc4c(c1)OCO4)C(=O)OCC)[C@H]32. The van der Waals surface area contributed by atoms with Crippen molar-refractivity contribution in [3.63, 3.8) is 0 Å². The summed E-state index contributed by atoms with van der Waals surface area (Å²) in [6, 6.07) is 16.8. The summed E-state index contributed by atoms with van der Waals surface area (Å²) >= 11 is 0. The van der Waals surface area contributed by atoms with Gasteiger partial charge in [-0.15, -0.1) is 6.58 Å². The predicted molar refractivity (Wildman–Crippen MR) is 240 cm³/mol. The number of carbonyl (C=O) groups excluding carboxylic acids is 1. The Morgan fingerprint density at radius 3 is 2.49 bits per heavy atom. The topological polar surface area (TPSA) is 184 Å². The number of rotatable bonds is 23. The normalized spacial score (nSPS) is 24.3. The summed E-state index contributed by atoms with van der Waals surface area (Å²) in [6.45, 7) is 9.89. The van der Waals surface area contributed by atoms with Gasteiger partial charge < -0.3 is 43.5 Å². The fraction of sp³-hybridized carbons (Fsp3) is 0.510. The van der Waals surface area contributed by atoms with Crippen LogP contribution in [-0.2, 0) is 27.5 Å². The number of nitro benzene ring substituents is 1. The van der Waals surface area contributed by atoms with Crippen LogP contribution in [0.3, 0.4) is 0 Å². The van der Waals surface area contributed by atoms with E-state index in [1.165, 1.54) is 12.1 Å². The van der Waals surface area contributed by atoms with Gasteiger partial charge in [0.05, 0.1) is 29.8 Å². The van der Waals surface area contributed by atoms with Crippen molar-refractivity contribution in [2.24, 2.45) is 22.9 Å². The molecule has 1 saturated carbocycles. The summed E-state index contributed by atoms with van der Waals surface area (Å²) in [6.07, 6.45) is 7.93. The van der Waals surface area contributed by atoms with Gasteiger partial charge in [-0.2, -0.15) is 0 Å². The Kier molecular flexibility index (Phi) is 14.9. The Bertz CT molecular complexity index is 2210. The fourth-order valence-electron chi connectivity index (χ4n) is 9.97. The molecule has 0 bridgehead atoms. The number of ether oxygens (including phenoxy) is 6. The Balaban J connectivity index is 1.29. The number of oxime groups is 1. The number of fused-ring (bicyclic) bond motifs is 3. The molecule has 3 aromatic rings. The van der Waals surface area contributed by atoms with E-state index in [-0.39, 0.29) is 76.2 Å². The zero-order valence-corrected chi connectivity index (χ0v) is 37.0. The highest BCUT2D eigenvalue weighted by atomic mass is 16.7. The number of non-ortho nitro benzene ring substituents is 1. The van der Waals surface area contributed by atoms with Crippen molar-refractivity contribution in [1.29, 1.82) is 0 Å². The molecule has 0 spiro atoms. The van der Waals surface area contributed by atoms with E-state index < -0.39 is 28.8 Å². The van der Waals surface area contributed by atoms with Crippen molar-refractivity contribution in [2.75, 3.05) is 59.5 Å². The number of nitro groups is 1. The first-order chi connectivity index (χ1) is 31.8. The maximum absolute atomic E-state index is 14.6. The molecule has 2 fully saturated rings. The van der Waals surface area contributed by atoms with E-state index in [1.807, 2.05) is 30.3 Å². The van der Waals surface area contributed by atoms with E-state index in [9.17, 15) is 25.1 Å². The zero-order chi connectivity index (χ0) is 45.3. The molecule has 16 heteroatoms. The number of amides is 1. The Labute approximate surface area is 379 Å². The van der Waals surface area contributed by atoms with Gasteiger partial charge in [-0.05, 0) is 104 Å². The second-order valence-electron chi connectivity index (χ2n) is 17.2. The minimum Gasteiger partial charge on any atom is -0.492 e. The third kappa shape index (κ3) is 10.3. The molecule has 3 aliphatic heterocycles. The van der Waals surface area contributed by atoms with Gasteiger partial charge in [0.15, 0.2) is 11.5 Å². The zero-order valence-electron chi connectivity index (χ0n) is 37.0. The van der Waals surface area contributed by atoms with E-state index in [2.05, 4.69) is 23.6 Å². The molecule has 3 heterocycles.